The van der Waals surface area contributed by atoms with E-state index in [1.807, 2.05) is 36.6 Å². The molecule has 2 aromatic carbocycles. The van der Waals surface area contributed by atoms with Crippen LogP contribution in [0.5, 0.6) is 11.5 Å². The third-order valence-electron chi connectivity index (χ3n) is 6.36. The van der Waals surface area contributed by atoms with Gasteiger partial charge in [0.1, 0.15) is 0 Å². The molecule has 4 heterocycles. The molecule has 0 saturated heterocycles. The van der Waals surface area contributed by atoms with E-state index >= 15 is 0 Å². The van der Waals surface area contributed by atoms with Gasteiger partial charge in [-0.25, -0.2) is 4.79 Å². The maximum atomic E-state index is 13.5. The Kier molecular flexibility index (Phi) is 5.07. The number of carbonyl (C=O) groups is 1. The summed E-state index contributed by atoms with van der Waals surface area (Å²) in [6.45, 7) is 6.17. The van der Waals surface area contributed by atoms with Crippen molar-refractivity contribution in [3.05, 3.63) is 82.2 Å². The molecule has 9 heteroatoms. The van der Waals surface area contributed by atoms with E-state index in [1.54, 1.807) is 17.0 Å². The Morgan fingerprint density at radius 2 is 1.89 bits per heavy atom. The number of nitrogens with one attached hydrogen (secondary N) is 1. The van der Waals surface area contributed by atoms with Gasteiger partial charge in [0.15, 0.2) is 11.5 Å². The monoisotopic (exact) mass is 486 g/mol. The number of allylic oxidation sites excluding steroid dienone is 1. The van der Waals surface area contributed by atoms with Gasteiger partial charge in [0.05, 0.1) is 22.2 Å². The van der Waals surface area contributed by atoms with Crippen LogP contribution in [0.3, 0.4) is 0 Å². The van der Waals surface area contributed by atoms with E-state index in [1.165, 1.54) is 16.9 Å². The van der Waals surface area contributed by atoms with Crippen LogP contribution < -0.4 is 19.7 Å². The van der Waals surface area contributed by atoms with Crippen molar-refractivity contribution in [1.29, 1.82) is 0 Å². The zero-order valence-corrected chi connectivity index (χ0v) is 20.2. The lowest BCUT2D eigenvalue weighted by Crippen LogP contribution is -2.46. The second-order valence-corrected chi connectivity index (χ2v) is 9.45. The molecule has 0 bridgehead atoms. The lowest BCUT2D eigenvalue weighted by Gasteiger charge is -2.35. The predicted octanol–water partition coefficient (Wildman–Crippen LogP) is 5.85. The zero-order valence-electron chi connectivity index (χ0n) is 19.4. The number of anilines is 1. The number of aryl methyl sites for hydroxylation is 2. The maximum Gasteiger partial charge on any atom is 0.327 e. The summed E-state index contributed by atoms with van der Waals surface area (Å²) in [6, 6.07) is 14.8. The zero-order chi connectivity index (χ0) is 24.1. The molecule has 176 valence electrons. The lowest BCUT2D eigenvalue weighted by molar-refractivity contribution is 0.174. The smallest absolute Gasteiger partial charge is 0.327 e. The minimum Gasteiger partial charge on any atom is -0.454 e. The summed E-state index contributed by atoms with van der Waals surface area (Å²) < 4.78 is 16.7. The number of thiophene rings is 1. The van der Waals surface area contributed by atoms with Gasteiger partial charge in [0.2, 0.25) is 12.6 Å². The first-order chi connectivity index (χ1) is 17.0. The fourth-order valence-corrected chi connectivity index (χ4v) is 5.04. The van der Waals surface area contributed by atoms with Crippen molar-refractivity contribution in [3.8, 4) is 22.2 Å². The van der Waals surface area contributed by atoms with E-state index in [0.29, 0.717) is 34.6 Å². The molecule has 4 aromatic rings. The van der Waals surface area contributed by atoms with Gasteiger partial charge in [-0.2, -0.15) is 4.98 Å². The molecule has 1 atom stereocenters. The molecule has 6 rings (SSSR count). The minimum absolute atomic E-state index is 0.160. The van der Waals surface area contributed by atoms with Crippen LogP contribution in [0.1, 0.15) is 35.5 Å². The number of ether oxygens (including phenoxy) is 2. The van der Waals surface area contributed by atoms with Crippen LogP contribution in [0, 0.1) is 13.8 Å². The van der Waals surface area contributed by atoms with Crippen LogP contribution in [0.2, 0.25) is 0 Å². The number of rotatable bonds is 4. The van der Waals surface area contributed by atoms with Gasteiger partial charge in [0.25, 0.3) is 5.89 Å². The molecule has 2 aliphatic rings. The average molecular weight is 487 g/mol. The second kappa shape index (κ2) is 8.28. The molecule has 0 radical (unpaired) electrons. The summed E-state index contributed by atoms with van der Waals surface area (Å²) in [6.07, 6.45) is 0. The Balaban J connectivity index is 1.50. The van der Waals surface area contributed by atoms with E-state index in [0.717, 1.165) is 21.6 Å². The van der Waals surface area contributed by atoms with E-state index in [9.17, 15) is 4.79 Å². The number of hydrogen-bond donors (Lipinski definition) is 1. The van der Waals surface area contributed by atoms with Gasteiger partial charge < -0.3 is 19.3 Å². The summed E-state index contributed by atoms with van der Waals surface area (Å²) in [5.74, 6) is 2.12. The molecular weight excluding hydrogens is 464 g/mol. The standard InChI is InChI=1S/C26H22N4O4S/c1-14-6-7-17(11-15(14)2)23-22(25-28-24(29-34-25)21-5-4-10-35-21)16(3)30(26(31)27-23)18-8-9-19-20(12-18)33-13-32-19/h4-12,23H,13H2,1-3H3,(H,27,31). The fraction of sp³-hybridized carbons (Fsp3) is 0.192. The number of hydrogen-bond acceptors (Lipinski definition) is 7. The lowest BCUT2D eigenvalue weighted by atomic mass is 9.92. The van der Waals surface area contributed by atoms with Crippen molar-refractivity contribution < 1.29 is 18.8 Å². The van der Waals surface area contributed by atoms with Crippen LogP contribution in [0.4, 0.5) is 10.5 Å². The van der Waals surface area contributed by atoms with Gasteiger partial charge in [-0.05, 0) is 61.0 Å². The molecule has 0 aliphatic carbocycles. The molecule has 2 aromatic heterocycles. The molecule has 1 N–H and O–H groups in total. The van der Waals surface area contributed by atoms with E-state index in [-0.39, 0.29) is 12.8 Å². The topological polar surface area (TPSA) is 89.7 Å². The molecule has 0 fully saturated rings. The van der Waals surface area contributed by atoms with Crippen LogP contribution in [0.15, 0.2) is 64.1 Å². The highest BCUT2D eigenvalue weighted by Crippen LogP contribution is 2.42. The van der Waals surface area contributed by atoms with Crippen molar-refractivity contribution in [2.75, 3.05) is 11.7 Å². The molecule has 2 aliphatic heterocycles. The quantitative estimate of drug-likeness (QED) is 0.389. The van der Waals surface area contributed by atoms with Crippen molar-refractivity contribution in [3.63, 3.8) is 0 Å². The van der Waals surface area contributed by atoms with Crippen LogP contribution in [-0.2, 0) is 0 Å². The van der Waals surface area contributed by atoms with E-state index in [2.05, 4.69) is 36.5 Å². The number of benzene rings is 2. The predicted molar refractivity (Wildman–Crippen MR) is 132 cm³/mol. The first kappa shape index (κ1) is 21.4. The molecule has 35 heavy (non-hydrogen) atoms. The third-order valence-corrected chi connectivity index (χ3v) is 7.23. The Bertz CT molecular complexity index is 1470. The number of urea groups is 1. The summed E-state index contributed by atoms with van der Waals surface area (Å²) in [5.41, 5.74) is 5.34. The largest absolute Gasteiger partial charge is 0.454 e. The molecule has 0 saturated carbocycles. The first-order valence-electron chi connectivity index (χ1n) is 11.2. The number of amides is 2. The highest BCUT2D eigenvalue weighted by Gasteiger charge is 2.37. The van der Waals surface area contributed by atoms with Crippen molar-refractivity contribution in [1.82, 2.24) is 15.5 Å². The number of aromatic nitrogens is 2. The minimum atomic E-state index is -0.455. The molecule has 0 spiro atoms. The van der Waals surface area contributed by atoms with Gasteiger partial charge in [-0.3, -0.25) is 4.90 Å². The summed E-state index contributed by atoms with van der Waals surface area (Å²) in [7, 11) is 0. The summed E-state index contributed by atoms with van der Waals surface area (Å²) >= 11 is 1.54. The highest BCUT2D eigenvalue weighted by atomic mass is 32.1. The van der Waals surface area contributed by atoms with Crippen molar-refractivity contribution in [2.24, 2.45) is 0 Å². The van der Waals surface area contributed by atoms with Crippen molar-refractivity contribution >= 4 is 28.6 Å². The van der Waals surface area contributed by atoms with Crippen LogP contribution in [-0.4, -0.2) is 23.0 Å². The number of fused-ring (bicyclic) bond motifs is 1. The third kappa shape index (κ3) is 3.64. The van der Waals surface area contributed by atoms with Gasteiger partial charge in [-0.1, -0.05) is 29.4 Å². The van der Waals surface area contributed by atoms with Crippen molar-refractivity contribution in [2.45, 2.75) is 26.8 Å². The summed E-state index contributed by atoms with van der Waals surface area (Å²) in [5, 5.41) is 9.33. The average Bonchev–Trinajstić information content (AvgIpc) is 3.61. The normalized spacial score (nSPS) is 17.2. The Hall–Kier alpha value is -4.11. The first-order valence-corrected chi connectivity index (χ1v) is 12.0. The second-order valence-electron chi connectivity index (χ2n) is 8.50. The fourth-order valence-electron chi connectivity index (χ4n) is 4.39. The number of nitrogens with zero attached hydrogens (tertiary/aromatic N) is 3. The molecular formula is C26H22N4O4S. The Morgan fingerprint density at radius 3 is 2.69 bits per heavy atom. The van der Waals surface area contributed by atoms with Crippen LogP contribution >= 0.6 is 11.3 Å². The summed E-state index contributed by atoms with van der Waals surface area (Å²) in [4.78, 5) is 20.7. The van der Waals surface area contributed by atoms with E-state index in [4.69, 9.17) is 19.0 Å². The van der Waals surface area contributed by atoms with Crippen LogP contribution in [0.25, 0.3) is 16.3 Å². The SMILES string of the molecule is CC1=C(c2nc(-c3cccs3)no2)C(c2ccc(C)c(C)c2)NC(=O)N1c1ccc2c(c1)OCO2. The maximum absolute atomic E-state index is 13.5. The Labute approximate surface area is 205 Å². The number of carbonyl (C=O) groups excluding carboxylic acids is 1. The molecule has 2 amide bonds. The van der Waals surface area contributed by atoms with Gasteiger partial charge in [0, 0.05) is 11.8 Å². The molecule has 1 unspecified atom stereocenters. The highest BCUT2D eigenvalue weighted by molar-refractivity contribution is 7.13. The molecule has 8 nitrogen and oxygen atoms in total. The van der Waals surface area contributed by atoms with Gasteiger partial charge in [-0.15, -0.1) is 11.3 Å². The Morgan fingerprint density at radius 1 is 1.03 bits per heavy atom. The van der Waals surface area contributed by atoms with E-state index < -0.39 is 6.04 Å². The van der Waals surface area contributed by atoms with Gasteiger partial charge >= 0.3 is 6.03 Å².